The number of carbonyl (C=O) groups excluding carboxylic acids is 2. The average molecular weight is 466 g/mol. The van der Waals surface area contributed by atoms with E-state index in [9.17, 15) is 9.59 Å². The number of morpholine rings is 1. The van der Waals surface area contributed by atoms with Crippen molar-refractivity contribution in [3.05, 3.63) is 28.4 Å². The first-order valence-corrected chi connectivity index (χ1v) is 10.5. The van der Waals surface area contributed by atoms with Crippen LogP contribution in [0.3, 0.4) is 0 Å². The fraction of sp³-hybridized carbons (Fsp3) is 0.526. The first kappa shape index (κ1) is 20.4. The van der Waals surface area contributed by atoms with Crippen LogP contribution in [-0.4, -0.2) is 65.8 Å². The molecule has 9 nitrogen and oxygen atoms in total. The summed E-state index contributed by atoms with van der Waals surface area (Å²) in [5, 5.41) is 5.14. The average Bonchev–Trinajstić information content (AvgIpc) is 3.16. The van der Waals surface area contributed by atoms with Crippen LogP contribution in [-0.2, 0) is 14.3 Å². The minimum Gasteiger partial charge on any atom is -0.379 e. The molecular weight excluding hydrogens is 442 g/mol. The molecule has 2 atom stereocenters. The Kier molecular flexibility index (Phi) is 6.26. The fourth-order valence-corrected chi connectivity index (χ4v) is 4.45. The molecule has 2 aliphatic rings. The molecule has 0 spiro atoms. The molecule has 0 radical (unpaired) electrons. The number of Topliss-reactive ketones (excluding diaryl/α,β-unsaturated/α-hetero) is 1. The molecule has 1 aromatic heterocycles. The third-order valence-electron chi connectivity index (χ3n) is 5.49. The number of hydrogen-bond donors (Lipinski definition) is 2. The molecule has 3 heterocycles. The summed E-state index contributed by atoms with van der Waals surface area (Å²) in [6.07, 6.45) is 2.70. The number of benzene rings is 1. The summed E-state index contributed by atoms with van der Waals surface area (Å²) in [6, 6.07) is 3.57. The second-order valence-corrected chi connectivity index (χ2v) is 8.23. The monoisotopic (exact) mass is 465 g/mol. The zero-order chi connectivity index (χ0) is 20.4. The summed E-state index contributed by atoms with van der Waals surface area (Å²) >= 11 is 3.45. The maximum absolute atomic E-state index is 13.1. The lowest BCUT2D eigenvalue weighted by molar-refractivity contribution is -0.141. The van der Waals surface area contributed by atoms with E-state index in [1.54, 1.807) is 16.9 Å². The van der Waals surface area contributed by atoms with Gasteiger partial charge >= 0.3 is 0 Å². The predicted molar refractivity (Wildman–Crippen MR) is 109 cm³/mol. The number of fused-ring (bicyclic) bond motifs is 1. The maximum atomic E-state index is 13.1. The molecule has 0 bridgehead atoms. The van der Waals surface area contributed by atoms with E-state index in [-0.39, 0.29) is 11.7 Å². The molecule has 4 rings (SSSR count). The van der Waals surface area contributed by atoms with Gasteiger partial charge in [-0.15, -0.1) is 0 Å². The van der Waals surface area contributed by atoms with Gasteiger partial charge in [0.25, 0.3) is 5.91 Å². The summed E-state index contributed by atoms with van der Waals surface area (Å²) in [5.41, 5.74) is 3.29. The van der Waals surface area contributed by atoms with Crippen LogP contribution in [0.2, 0.25) is 0 Å². The Morgan fingerprint density at radius 3 is 2.83 bits per heavy atom. The highest BCUT2D eigenvalue weighted by Gasteiger charge is 2.35. The zero-order valence-corrected chi connectivity index (χ0v) is 17.6. The number of ketones is 1. The lowest BCUT2D eigenvalue weighted by Crippen LogP contribution is -2.43. The van der Waals surface area contributed by atoms with E-state index in [1.807, 2.05) is 6.07 Å². The van der Waals surface area contributed by atoms with Gasteiger partial charge in [0.05, 0.1) is 43.0 Å². The van der Waals surface area contributed by atoms with Crippen molar-refractivity contribution in [1.82, 2.24) is 20.1 Å². The van der Waals surface area contributed by atoms with Gasteiger partial charge in [0.15, 0.2) is 12.0 Å². The van der Waals surface area contributed by atoms with Crippen LogP contribution >= 0.6 is 15.9 Å². The topological polar surface area (TPSA) is 112 Å². The number of nitrogens with one attached hydrogen (secondary N) is 1. The van der Waals surface area contributed by atoms with Gasteiger partial charge in [0, 0.05) is 29.6 Å². The van der Waals surface area contributed by atoms with Crippen LogP contribution < -0.4 is 11.3 Å². The summed E-state index contributed by atoms with van der Waals surface area (Å²) in [7, 11) is 0. The van der Waals surface area contributed by atoms with Crippen LogP contribution in [0.15, 0.2) is 22.8 Å². The molecule has 2 aliphatic heterocycles. The SMILES string of the molecule is NNC(=O)c1cc(Br)cc2c1cnn2C1OCCCC1C(=O)CN1CCOCC1. The zero-order valence-electron chi connectivity index (χ0n) is 16.0. The van der Waals surface area contributed by atoms with Crippen LogP contribution in [0.1, 0.15) is 29.4 Å². The number of carbonyl (C=O) groups is 2. The molecule has 1 amide bonds. The quantitative estimate of drug-likeness (QED) is 0.387. The normalized spacial score (nSPS) is 23.2. The van der Waals surface area contributed by atoms with Crippen molar-refractivity contribution in [1.29, 1.82) is 0 Å². The molecule has 2 fully saturated rings. The van der Waals surface area contributed by atoms with Gasteiger partial charge in [0.1, 0.15) is 0 Å². The number of nitrogens with zero attached hydrogens (tertiary/aromatic N) is 3. The molecule has 29 heavy (non-hydrogen) atoms. The Labute approximate surface area is 176 Å². The highest BCUT2D eigenvalue weighted by atomic mass is 79.9. The van der Waals surface area contributed by atoms with Crippen LogP contribution in [0.5, 0.6) is 0 Å². The number of amides is 1. The Morgan fingerprint density at radius 2 is 2.07 bits per heavy atom. The van der Waals surface area contributed by atoms with Crippen LogP contribution in [0.4, 0.5) is 0 Å². The molecule has 2 unspecified atom stereocenters. The van der Waals surface area contributed by atoms with Crippen molar-refractivity contribution in [2.75, 3.05) is 39.5 Å². The summed E-state index contributed by atoms with van der Waals surface area (Å²) in [5.74, 6) is 4.78. The molecule has 2 saturated heterocycles. The third kappa shape index (κ3) is 4.22. The maximum Gasteiger partial charge on any atom is 0.265 e. The van der Waals surface area contributed by atoms with E-state index in [1.165, 1.54) is 0 Å². The summed E-state index contributed by atoms with van der Waals surface area (Å²) < 4.78 is 13.8. The van der Waals surface area contributed by atoms with E-state index in [2.05, 4.69) is 31.4 Å². The van der Waals surface area contributed by atoms with Gasteiger partial charge in [-0.3, -0.25) is 19.9 Å². The minimum absolute atomic E-state index is 0.148. The van der Waals surface area contributed by atoms with Gasteiger partial charge in [-0.2, -0.15) is 5.10 Å². The van der Waals surface area contributed by atoms with Crippen LogP contribution in [0, 0.1) is 5.92 Å². The van der Waals surface area contributed by atoms with Crippen molar-refractivity contribution in [3.63, 3.8) is 0 Å². The van der Waals surface area contributed by atoms with E-state index in [4.69, 9.17) is 15.3 Å². The molecular formula is C19H24BrN5O4. The lowest BCUT2D eigenvalue weighted by Gasteiger charge is -2.33. The number of nitrogen functional groups attached to an aromatic ring is 1. The smallest absolute Gasteiger partial charge is 0.265 e. The van der Waals surface area contributed by atoms with E-state index in [0.717, 1.165) is 30.4 Å². The number of hydrogen-bond acceptors (Lipinski definition) is 7. The largest absolute Gasteiger partial charge is 0.379 e. The van der Waals surface area contributed by atoms with E-state index >= 15 is 0 Å². The summed E-state index contributed by atoms with van der Waals surface area (Å²) in [4.78, 5) is 27.4. The molecule has 2 aromatic rings. The van der Waals surface area contributed by atoms with E-state index in [0.29, 0.717) is 42.8 Å². The predicted octanol–water partition coefficient (Wildman–Crippen LogP) is 1.23. The van der Waals surface area contributed by atoms with Crippen molar-refractivity contribution in [2.24, 2.45) is 11.8 Å². The first-order valence-electron chi connectivity index (χ1n) is 9.70. The molecule has 0 aliphatic carbocycles. The van der Waals surface area contributed by atoms with Gasteiger partial charge in [-0.25, -0.2) is 10.5 Å². The number of aromatic nitrogens is 2. The molecule has 3 N–H and O–H groups in total. The van der Waals surface area contributed by atoms with Crippen molar-refractivity contribution in [2.45, 2.75) is 19.1 Å². The van der Waals surface area contributed by atoms with Gasteiger partial charge in [-0.1, -0.05) is 15.9 Å². The van der Waals surface area contributed by atoms with Crippen molar-refractivity contribution >= 4 is 38.5 Å². The number of rotatable bonds is 5. The number of halogens is 1. The van der Waals surface area contributed by atoms with Gasteiger partial charge < -0.3 is 9.47 Å². The molecule has 1 aromatic carbocycles. The van der Waals surface area contributed by atoms with Crippen LogP contribution in [0.25, 0.3) is 10.9 Å². The highest BCUT2D eigenvalue weighted by molar-refractivity contribution is 9.10. The number of hydrazine groups is 1. The molecule has 10 heteroatoms. The second kappa shape index (κ2) is 8.88. The first-order chi connectivity index (χ1) is 14.1. The Hall–Kier alpha value is -1.85. The summed E-state index contributed by atoms with van der Waals surface area (Å²) in [6.45, 7) is 3.79. The number of ether oxygens (including phenoxy) is 2. The highest BCUT2D eigenvalue weighted by Crippen LogP contribution is 2.34. The minimum atomic E-state index is -0.502. The van der Waals surface area contributed by atoms with Crippen molar-refractivity contribution in [3.8, 4) is 0 Å². The third-order valence-corrected chi connectivity index (χ3v) is 5.94. The fourth-order valence-electron chi connectivity index (χ4n) is 4.00. The Balaban J connectivity index is 1.64. The molecule has 0 saturated carbocycles. The number of nitrogens with two attached hydrogens (primary N) is 1. The van der Waals surface area contributed by atoms with Crippen molar-refractivity contribution < 1.29 is 19.1 Å². The molecule has 156 valence electrons. The Bertz CT molecular complexity index is 911. The second-order valence-electron chi connectivity index (χ2n) is 7.31. The van der Waals surface area contributed by atoms with Gasteiger partial charge in [-0.05, 0) is 25.0 Å². The van der Waals surface area contributed by atoms with Gasteiger partial charge in [0.2, 0.25) is 0 Å². The lowest BCUT2D eigenvalue weighted by atomic mass is 9.93. The standard InChI is InChI=1S/C19H24BrN5O4/c20-12-8-14(18(27)23-21)15-10-22-25(16(15)9-12)19-13(2-1-5-29-19)17(26)11-24-3-6-28-7-4-24/h8-10,13,19H,1-7,11,21H2,(H,23,27). The van der Waals surface area contributed by atoms with E-state index < -0.39 is 12.1 Å². The Morgan fingerprint density at radius 1 is 1.28 bits per heavy atom.